The highest BCUT2D eigenvalue weighted by atomic mass is 16.5. The van der Waals surface area contributed by atoms with Crippen molar-refractivity contribution < 1.29 is 14.3 Å². The van der Waals surface area contributed by atoms with Gasteiger partial charge < -0.3 is 19.5 Å². The highest BCUT2D eigenvalue weighted by Crippen LogP contribution is 2.16. The van der Waals surface area contributed by atoms with Crippen molar-refractivity contribution >= 4 is 11.8 Å². The Balaban J connectivity index is 1.65. The first-order valence-electron chi connectivity index (χ1n) is 7.81. The molecule has 8 heteroatoms. The highest BCUT2D eigenvalue weighted by molar-refractivity contribution is 5.95. The van der Waals surface area contributed by atoms with Crippen molar-refractivity contribution in [3.05, 3.63) is 58.3 Å². The average molecular weight is 342 g/mol. The van der Waals surface area contributed by atoms with E-state index in [1.54, 1.807) is 12.0 Å². The first kappa shape index (κ1) is 16.7. The number of rotatable bonds is 4. The van der Waals surface area contributed by atoms with Crippen molar-refractivity contribution in [3.8, 4) is 5.75 Å². The zero-order chi connectivity index (χ0) is 17.8. The van der Waals surface area contributed by atoms with E-state index in [9.17, 15) is 14.4 Å². The molecule has 0 bridgehead atoms. The molecule has 0 spiro atoms. The van der Waals surface area contributed by atoms with Crippen LogP contribution < -0.4 is 10.3 Å². The van der Waals surface area contributed by atoms with Gasteiger partial charge in [-0.2, -0.15) is 0 Å². The monoisotopic (exact) mass is 342 g/mol. The smallest absolute Gasteiger partial charge is 0.272 e. The second kappa shape index (κ2) is 7.16. The lowest BCUT2D eigenvalue weighted by molar-refractivity contribution is -0.135. The predicted octanol–water partition coefficient (Wildman–Crippen LogP) is 0.263. The summed E-state index contributed by atoms with van der Waals surface area (Å²) in [6.45, 7) is 1.25. The molecular weight excluding hydrogens is 324 g/mol. The molecule has 0 aliphatic carbocycles. The van der Waals surface area contributed by atoms with Gasteiger partial charge >= 0.3 is 0 Å². The molecule has 1 N–H and O–H groups in total. The fraction of sp³-hybridized carbons (Fsp3) is 0.294. The van der Waals surface area contributed by atoms with Crippen LogP contribution in [0.15, 0.2) is 41.5 Å². The number of amides is 2. The predicted molar refractivity (Wildman–Crippen MR) is 89.2 cm³/mol. The lowest BCUT2D eigenvalue weighted by Gasteiger charge is -2.34. The van der Waals surface area contributed by atoms with E-state index >= 15 is 0 Å². The number of nitrogens with zero attached hydrogens (tertiary/aromatic N) is 3. The molecule has 2 heterocycles. The standard InChI is InChI=1S/C17H18N4O4/c1-25-13-4-2-3-12(7-13)10-20-5-6-21(11-16(20)23)17(24)14-8-18-9-15(22)19-14/h2-4,7-9H,5-6,10-11H2,1H3,(H,19,22). The number of benzene rings is 1. The molecule has 25 heavy (non-hydrogen) atoms. The lowest BCUT2D eigenvalue weighted by atomic mass is 10.2. The Labute approximate surface area is 144 Å². The van der Waals surface area contributed by atoms with E-state index < -0.39 is 11.5 Å². The second-order valence-corrected chi connectivity index (χ2v) is 5.70. The number of carbonyl (C=O) groups excluding carboxylic acids is 2. The number of carbonyl (C=O) groups is 2. The number of hydrogen-bond acceptors (Lipinski definition) is 5. The van der Waals surface area contributed by atoms with Gasteiger partial charge in [-0.25, -0.2) is 0 Å². The van der Waals surface area contributed by atoms with Crippen LogP contribution in [-0.4, -0.2) is 58.3 Å². The number of nitrogens with one attached hydrogen (secondary N) is 1. The maximum Gasteiger partial charge on any atom is 0.272 e. The van der Waals surface area contributed by atoms with Crippen LogP contribution in [0.2, 0.25) is 0 Å². The Morgan fingerprint density at radius 3 is 2.84 bits per heavy atom. The van der Waals surface area contributed by atoms with Gasteiger partial charge in [-0.15, -0.1) is 0 Å². The Bertz CT molecular complexity index is 848. The Morgan fingerprint density at radius 1 is 1.28 bits per heavy atom. The van der Waals surface area contributed by atoms with E-state index in [1.807, 2.05) is 24.3 Å². The summed E-state index contributed by atoms with van der Waals surface area (Å²) in [5.41, 5.74) is 0.597. The molecular formula is C17H18N4O4. The summed E-state index contributed by atoms with van der Waals surface area (Å²) in [5, 5.41) is 0. The summed E-state index contributed by atoms with van der Waals surface area (Å²) in [5.74, 6) is 0.188. The largest absolute Gasteiger partial charge is 0.497 e. The fourth-order valence-corrected chi connectivity index (χ4v) is 2.70. The van der Waals surface area contributed by atoms with Crippen LogP contribution in [0.5, 0.6) is 5.75 Å². The molecule has 3 rings (SSSR count). The normalized spacial score (nSPS) is 14.5. The molecule has 0 unspecified atom stereocenters. The molecule has 0 radical (unpaired) electrons. The van der Waals surface area contributed by atoms with Gasteiger partial charge in [0, 0.05) is 19.6 Å². The summed E-state index contributed by atoms with van der Waals surface area (Å²) < 4.78 is 5.19. The SMILES string of the molecule is COc1cccc(CN2CCN(C(=O)c3cncc(=O)[nH]3)CC2=O)c1. The van der Waals surface area contributed by atoms with E-state index in [0.29, 0.717) is 19.6 Å². The second-order valence-electron chi connectivity index (χ2n) is 5.70. The number of piperazine rings is 1. The van der Waals surface area contributed by atoms with E-state index in [2.05, 4.69) is 9.97 Å². The van der Waals surface area contributed by atoms with Crippen LogP contribution in [0.1, 0.15) is 16.1 Å². The quantitative estimate of drug-likeness (QED) is 0.860. The van der Waals surface area contributed by atoms with Crippen molar-refractivity contribution in [2.75, 3.05) is 26.7 Å². The zero-order valence-electron chi connectivity index (χ0n) is 13.8. The Kier molecular flexibility index (Phi) is 4.78. The third-order valence-corrected chi connectivity index (χ3v) is 4.00. The summed E-state index contributed by atoms with van der Waals surface area (Å²) in [4.78, 5) is 45.3. The van der Waals surface area contributed by atoms with Crippen molar-refractivity contribution in [2.45, 2.75) is 6.54 Å². The summed E-state index contributed by atoms with van der Waals surface area (Å²) in [6, 6.07) is 7.52. The minimum atomic E-state index is -0.450. The summed E-state index contributed by atoms with van der Waals surface area (Å²) in [6.07, 6.45) is 2.38. The number of methoxy groups -OCH3 is 1. The van der Waals surface area contributed by atoms with Crippen LogP contribution in [0.4, 0.5) is 0 Å². The summed E-state index contributed by atoms with van der Waals surface area (Å²) >= 11 is 0. The third kappa shape index (κ3) is 3.85. The van der Waals surface area contributed by atoms with Gasteiger partial charge in [0.2, 0.25) is 5.91 Å². The number of aromatic nitrogens is 2. The van der Waals surface area contributed by atoms with Gasteiger partial charge in [0.1, 0.15) is 18.0 Å². The van der Waals surface area contributed by atoms with E-state index in [-0.39, 0.29) is 18.1 Å². The molecule has 0 atom stereocenters. The van der Waals surface area contributed by atoms with Gasteiger partial charge in [0.15, 0.2) is 0 Å². The highest BCUT2D eigenvalue weighted by Gasteiger charge is 2.28. The van der Waals surface area contributed by atoms with Crippen LogP contribution in [0.25, 0.3) is 0 Å². The summed E-state index contributed by atoms with van der Waals surface area (Å²) in [7, 11) is 1.59. The Hall–Kier alpha value is -3.16. The van der Waals surface area contributed by atoms with Crippen LogP contribution in [0, 0.1) is 0 Å². The van der Waals surface area contributed by atoms with Crippen LogP contribution >= 0.6 is 0 Å². The molecule has 2 aromatic rings. The van der Waals surface area contributed by atoms with Gasteiger partial charge in [-0.05, 0) is 17.7 Å². The van der Waals surface area contributed by atoms with Crippen molar-refractivity contribution in [1.82, 2.24) is 19.8 Å². The van der Waals surface area contributed by atoms with Gasteiger partial charge in [-0.3, -0.25) is 19.4 Å². The van der Waals surface area contributed by atoms with Crippen molar-refractivity contribution in [1.29, 1.82) is 0 Å². The number of hydrogen-bond donors (Lipinski definition) is 1. The molecule has 1 aliphatic heterocycles. The molecule has 1 aromatic carbocycles. The minimum absolute atomic E-state index is 0.0280. The van der Waals surface area contributed by atoms with Gasteiger partial charge in [0.05, 0.1) is 19.5 Å². The number of ether oxygens (including phenoxy) is 1. The van der Waals surface area contributed by atoms with Crippen LogP contribution in [0.3, 0.4) is 0 Å². The molecule has 2 amide bonds. The molecule has 1 fully saturated rings. The van der Waals surface area contributed by atoms with Crippen LogP contribution in [-0.2, 0) is 11.3 Å². The number of H-pyrrole nitrogens is 1. The van der Waals surface area contributed by atoms with Crippen molar-refractivity contribution in [2.24, 2.45) is 0 Å². The van der Waals surface area contributed by atoms with Crippen molar-refractivity contribution in [3.63, 3.8) is 0 Å². The maximum absolute atomic E-state index is 12.4. The molecule has 8 nitrogen and oxygen atoms in total. The maximum atomic E-state index is 12.4. The fourth-order valence-electron chi connectivity index (χ4n) is 2.70. The lowest BCUT2D eigenvalue weighted by Crippen LogP contribution is -2.52. The van der Waals surface area contributed by atoms with E-state index in [4.69, 9.17) is 4.74 Å². The molecule has 1 aliphatic rings. The van der Waals surface area contributed by atoms with Gasteiger partial charge in [0.25, 0.3) is 11.5 Å². The van der Waals surface area contributed by atoms with Gasteiger partial charge in [-0.1, -0.05) is 12.1 Å². The first-order valence-corrected chi connectivity index (χ1v) is 7.81. The zero-order valence-corrected chi connectivity index (χ0v) is 13.8. The third-order valence-electron chi connectivity index (χ3n) is 4.00. The first-order chi connectivity index (χ1) is 12.1. The van der Waals surface area contributed by atoms with E-state index in [0.717, 1.165) is 17.5 Å². The molecule has 130 valence electrons. The average Bonchev–Trinajstić information content (AvgIpc) is 2.63. The molecule has 0 saturated carbocycles. The number of aromatic amines is 1. The molecule has 1 aromatic heterocycles. The topological polar surface area (TPSA) is 95.6 Å². The minimum Gasteiger partial charge on any atom is -0.497 e. The Morgan fingerprint density at radius 2 is 2.12 bits per heavy atom. The molecule has 1 saturated heterocycles. The van der Waals surface area contributed by atoms with E-state index in [1.165, 1.54) is 11.1 Å².